The molecule has 148 valence electrons. The summed E-state index contributed by atoms with van der Waals surface area (Å²) in [5, 5.41) is 5.15. The number of hydrogen-bond acceptors (Lipinski definition) is 5. The summed E-state index contributed by atoms with van der Waals surface area (Å²) in [5.74, 6) is 0. The highest BCUT2D eigenvalue weighted by atomic mass is 35.5. The monoisotopic (exact) mass is 416 g/mol. The molecule has 0 amide bonds. The molecule has 1 atom stereocenters. The van der Waals surface area contributed by atoms with Crippen LogP contribution in [0.3, 0.4) is 0 Å². The van der Waals surface area contributed by atoms with Crippen molar-refractivity contribution in [1.82, 2.24) is 19.8 Å². The zero-order chi connectivity index (χ0) is 19.7. The van der Waals surface area contributed by atoms with Gasteiger partial charge in [-0.3, -0.25) is 9.36 Å². The quantitative estimate of drug-likeness (QED) is 0.670. The molecule has 1 unspecified atom stereocenters. The van der Waals surface area contributed by atoms with E-state index in [1.165, 1.54) is 10.4 Å². The first-order valence-corrected chi connectivity index (χ1v) is 10.8. The molecule has 0 aliphatic heterocycles. The predicted molar refractivity (Wildman–Crippen MR) is 117 cm³/mol. The maximum atomic E-state index is 13.2. The first kappa shape index (κ1) is 19.6. The van der Waals surface area contributed by atoms with Gasteiger partial charge in [0.25, 0.3) is 5.56 Å². The van der Waals surface area contributed by atoms with Gasteiger partial charge in [-0.2, -0.15) is 0 Å². The standard InChI is InChI=1S/C21H25ClN4OS/c1-25(2)9-8-23-16-6-7-17-18(11-16)28-20-19(17)21(27)26(13-24-20)12-14-4-3-5-15(22)10-14/h3-5,10,13,16,23H,6-9,11-12H2,1-2H3. The van der Waals surface area contributed by atoms with E-state index in [4.69, 9.17) is 11.6 Å². The van der Waals surface area contributed by atoms with Crippen molar-refractivity contribution in [3.05, 3.63) is 62.0 Å². The minimum Gasteiger partial charge on any atom is -0.312 e. The highest BCUT2D eigenvalue weighted by Gasteiger charge is 2.25. The molecule has 1 aliphatic carbocycles. The molecule has 0 saturated heterocycles. The second-order valence-electron chi connectivity index (χ2n) is 7.69. The molecule has 2 aromatic heterocycles. The number of aromatic nitrogens is 2. The van der Waals surface area contributed by atoms with Gasteiger partial charge in [-0.25, -0.2) is 4.98 Å². The Kier molecular flexibility index (Phi) is 5.83. The molecule has 5 nitrogen and oxygen atoms in total. The molecule has 7 heteroatoms. The first-order valence-electron chi connectivity index (χ1n) is 9.63. The van der Waals surface area contributed by atoms with Crippen LogP contribution in [0.2, 0.25) is 5.02 Å². The number of thiophene rings is 1. The van der Waals surface area contributed by atoms with Crippen LogP contribution in [0.1, 0.15) is 22.4 Å². The molecular formula is C21H25ClN4OS. The molecule has 0 fully saturated rings. The Hall–Kier alpha value is -1.73. The van der Waals surface area contributed by atoms with Crippen LogP contribution in [0.5, 0.6) is 0 Å². The molecule has 2 heterocycles. The van der Waals surface area contributed by atoms with Crippen LogP contribution in [0, 0.1) is 0 Å². The van der Waals surface area contributed by atoms with Crippen molar-refractivity contribution in [3.8, 4) is 0 Å². The van der Waals surface area contributed by atoms with Crippen LogP contribution in [0.4, 0.5) is 0 Å². The highest BCUT2D eigenvalue weighted by molar-refractivity contribution is 7.18. The molecule has 3 aromatic rings. The smallest absolute Gasteiger partial charge is 0.262 e. The zero-order valence-electron chi connectivity index (χ0n) is 16.2. The summed E-state index contributed by atoms with van der Waals surface area (Å²) >= 11 is 7.76. The second-order valence-corrected chi connectivity index (χ2v) is 9.21. The number of rotatable bonds is 6. The lowest BCUT2D eigenvalue weighted by Gasteiger charge is -2.24. The summed E-state index contributed by atoms with van der Waals surface area (Å²) in [6.45, 7) is 2.51. The Bertz CT molecular complexity index is 1040. The second kappa shape index (κ2) is 8.33. The van der Waals surface area contributed by atoms with Gasteiger partial charge < -0.3 is 10.2 Å². The Labute approximate surface area is 174 Å². The number of aryl methyl sites for hydroxylation is 1. The Balaban J connectivity index is 1.58. The fourth-order valence-corrected chi connectivity index (χ4v) is 5.28. The van der Waals surface area contributed by atoms with Crippen LogP contribution in [0.25, 0.3) is 10.2 Å². The zero-order valence-corrected chi connectivity index (χ0v) is 17.8. The van der Waals surface area contributed by atoms with E-state index in [2.05, 4.69) is 29.3 Å². The van der Waals surface area contributed by atoms with Crippen LogP contribution < -0.4 is 10.9 Å². The van der Waals surface area contributed by atoms with Gasteiger partial charge in [0.05, 0.1) is 18.3 Å². The number of nitrogens with zero attached hydrogens (tertiary/aromatic N) is 3. The van der Waals surface area contributed by atoms with Crippen molar-refractivity contribution in [1.29, 1.82) is 0 Å². The summed E-state index contributed by atoms with van der Waals surface area (Å²) in [6.07, 6.45) is 4.65. The predicted octanol–water partition coefficient (Wildman–Crippen LogP) is 3.17. The Morgan fingerprint density at radius 2 is 2.25 bits per heavy atom. The van der Waals surface area contributed by atoms with E-state index in [0.29, 0.717) is 17.6 Å². The average molecular weight is 417 g/mol. The molecule has 0 radical (unpaired) electrons. The normalized spacial score (nSPS) is 16.6. The SMILES string of the molecule is CN(C)CCNC1CCc2c(sc3ncn(Cc4cccc(Cl)c4)c(=O)c23)C1. The molecule has 1 N–H and O–H groups in total. The summed E-state index contributed by atoms with van der Waals surface area (Å²) in [5.41, 5.74) is 2.27. The number of likely N-dealkylation sites (N-methyl/N-ethyl adjacent to an activating group) is 1. The van der Waals surface area contributed by atoms with E-state index in [1.807, 2.05) is 24.3 Å². The molecule has 0 bridgehead atoms. The van der Waals surface area contributed by atoms with Crippen molar-refractivity contribution in [2.75, 3.05) is 27.2 Å². The highest BCUT2D eigenvalue weighted by Crippen LogP contribution is 2.33. The van der Waals surface area contributed by atoms with Crippen molar-refractivity contribution in [2.24, 2.45) is 0 Å². The van der Waals surface area contributed by atoms with Crippen molar-refractivity contribution in [3.63, 3.8) is 0 Å². The van der Waals surface area contributed by atoms with Crippen LogP contribution in [0.15, 0.2) is 35.4 Å². The van der Waals surface area contributed by atoms with Gasteiger partial charge >= 0.3 is 0 Å². The van der Waals surface area contributed by atoms with Gasteiger partial charge in [0.15, 0.2) is 0 Å². The summed E-state index contributed by atoms with van der Waals surface area (Å²) in [4.78, 5) is 22.1. The summed E-state index contributed by atoms with van der Waals surface area (Å²) in [7, 11) is 4.18. The summed E-state index contributed by atoms with van der Waals surface area (Å²) < 4.78 is 1.70. The molecule has 4 rings (SSSR count). The fourth-order valence-electron chi connectivity index (χ4n) is 3.81. The van der Waals surface area contributed by atoms with Gasteiger partial charge in [0.2, 0.25) is 0 Å². The number of halogens is 1. The third-order valence-corrected chi connectivity index (χ3v) is 6.67. The molecule has 28 heavy (non-hydrogen) atoms. The van der Waals surface area contributed by atoms with E-state index >= 15 is 0 Å². The van der Waals surface area contributed by atoms with E-state index in [1.54, 1.807) is 22.2 Å². The van der Waals surface area contributed by atoms with E-state index < -0.39 is 0 Å². The van der Waals surface area contributed by atoms with Crippen LogP contribution in [-0.2, 0) is 19.4 Å². The molecule has 1 aliphatic rings. The maximum Gasteiger partial charge on any atom is 0.262 e. The minimum absolute atomic E-state index is 0.0569. The molecular weight excluding hydrogens is 392 g/mol. The number of hydrogen-bond donors (Lipinski definition) is 1. The number of nitrogens with one attached hydrogen (secondary N) is 1. The summed E-state index contributed by atoms with van der Waals surface area (Å²) in [6, 6.07) is 8.10. The Morgan fingerprint density at radius 3 is 3.04 bits per heavy atom. The van der Waals surface area contributed by atoms with Crippen LogP contribution in [-0.4, -0.2) is 47.7 Å². The third kappa shape index (κ3) is 4.15. The van der Waals surface area contributed by atoms with Crippen molar-refractivity contribution < 1.29 is 0 Å². The van der Waals surface area contributed by atoms with Crippen molar-refractivity contribution >= 4 is 33.2 Å². The number of fused-ring (bicyclic) bond motifs is 3. The molecule has 1 aromatic carbocycles. The largest absolute Gasteiger partial charge is 0.312 e. The Morgan fingerprint density at radius 1 is 1.39 bits per heavy atom. The van der Waals surface area contributed by atoms with Gasteiger partial charge in [-0.05, 0) is 56.6 Å². The van der Waals surface area contributed by atoms with Crippen molar-refractivity contribution in [2.45, 2.75) is 31.8 Å². The molecule has 0 spiro atoms. The number of benzene rings is 1. The third-order valence-electron chi connectivity index (χ3n) is 5.27. The van der Waals surface area contributed by atoms with E-state index in [-0.39, 0.29) is 5.56 Å². The fraction of sp³-hybridized carbons (Fsp3) is 0.429. The topological polar surface area (TPSA) is 50.2 Å². The van der Waals surface area contributed by atoms with Gasteiger partial charge in [-0.15, -0.1) is 11.3 Å². The lowest BCUT2D eigenvalue weighted by molar-refractivity contribution is 0.372. The van der Waals surface area contributed by atoms with Gasteiger partial charge in [0, 0.05) is 29.0 Å². The first-order chi connectivity index (χ1) is 13.5. The average Bonchev–Trinajstić information content (AvgIpc) is 3.02. The lowest BCUT2D eigenvalue weighted by Crippen LogP contribution is -2.38. The van der Waals surface area contributed by atoms with E-state index in [9.17, 15) is 4.79 Å². The van der Waals surface area contributed by atoms with Gasteiger partial charge in [0.1, 0.15) is 4.83 Å². The van der Waals surface area contributed by atoms with Gasteiger partial charge in [-0.1, -0.05) is 23.7 Å². The van der Waals surface area contributed by atoms with Crippen LogP contribution >= 0.6 is 22.9 Å². The molecule has 0 saturated carbocycles. The minimum atomic E-state index is 0.0569. The maximum absolute atomic E-state index is 13.2. The van der Waals surface area contributed by atoms with E-state index in [0.717, 1.165) is 48.1 Å². The lowest BCUT2D eigenvalue weighted by atomic mass is 9.93.